The molecule has 0 saturated carbocycles. The number of unbranched alkanes of at least 4 members (excludes halogenated alkanes) is 2. The van der Waals surface area contributed by atoms with E-state index in [1.165, 1.54) is 51.4 Å². The lowest BCUT2D eigenvalue weighted by Gasteiger charge is -2.46. The van der Waals surface area contributed by atoms with Crippen molar-refractivity contribution in [2.45, 2.75) is 142 Å². The minimum Gasteiger partial charge on any atom is -0.459 e. The number of hydrogen-bond donors (Lipinski definition) is 4. The van der Waals surface area contributed by atoms with Crippen molar-refractivity contribution in [2.75, 3.05) is 30.3 Å². The third-order valence-corrected chi connectivity index (χ3v) is 8.14. The van der Waals surface area contributed by atoms with Gasteiger partial charge >= 0.3 is 6.01 Å². The molecular weight excluding hydrogens is 498 g/mol. The van der Waals surface area contributed by atoms with Crippen LogP contribution in [0.2, 0.25) is 0 Å². The van der Waals surface area contributed by atoms with E-state index in [2.05, 4.69) is 98.2 Å². The molecule has 0 amide bonds. The van der Waals surface area contributed by atoms with Crippen LogP contribution in [0.4, 0.5) is 11.9 Å². The molecule has 3 rings (SSSR count). The fourth-order valence-corrected chi connectivity index (χ4v) is 7.70. The Hall–Kier alpha value is -1.93. The Bertz CT molecular complexity index is 845. The maximum atomic E-state index is 5.66. The van der Waals surface area contributed by atoms with Crippen molar-refractivity contribution >= 4 is 11.9 Å². The van der Waals surface area contributed by atoms with Crippen LogP contribution < -0.4 is 26.0 Å². The lowest BCUT2D eigenvalue weighted by Crippen LogP contribution is -2.57. The number of nitrogens with zero attached hydrogens (tertiary/aromatic N) is 3. The van der Waals surface area contributed by atoms with Crippen molar-refractivity contribution in [1.29, 1.82) is 0 Å². The monoisotopic (exact) mass is 557 g/mol. The molecule has 2 aliphatic rings. The van der Waals surface area contributed by atoms with E-state index in [-0.39, 0.29) is 22.2 Å². The molecule has 8 heteroatoms. The van der Waals surface area contributed by atoms with Crippen LogP contribution in [-0.4, -0.2) is 56.8 Å². The first-order valence-corrected chi connectivity index (χ1v) is 15.7. The Balaban J connectivity index is 1.42. The molecule has 0 radical (unpaired) electrons. The van der Waals surface area contributed by atoms with Gasteiger partial charge in [0.1, 0.15) is 6.61 Å². The van der Waals surface area contributed by atoms with E-state index < -0.39 is 0 Å². The Kier molecular flexibility index (Phi) is 11.3. The summed E-state index contributed by atoms with van der Waals surface area (Å²) in [6.07, 6.45) is 13.8. The van der Waals surface area contributed by atoms with Gasteiger partial charge in [-0.2, -0.15) is 15.0 Å². The average Bonchev–Trinajstić information content (AvgIpc) is 2.78. The van der Waals surface area contributed by atoms with Gasteiger partial charge in [0.15, 0.2) is 0 Å². The smallest absolute Gasteiger partial charge is 0.323 e. The summed E-state index contributed by atoms with van der Waals surface area (Å²) in [6, 6.07) is 0.332. The lowest BCUT2D eigenvalue weighted by atomic mass is 9.74. The van der Waals surface area contributed by atoms with Gasteiger partial charge in [-0.25, -0.2) is 0 Å². The fraction of sp³-hybridized carbons (Fsp3) is 0.844. The quantitative estimate of drug-likeness (QED) is 0.140. The van der Waals surface area contributed by atoms with Gasteiger partial charge in [-0.05, 0) is 106 Å². The van der Waals surface area contributed by atoms with E-state index in [0.717, 1.165) is 37.8 Å². The van der Waals surface area contributed by atoms with Crippen LogP contribution in [0, 0.1) is 11.8 Å². The molecule has 0 aliphatic carbocycles. The van der Waals surface area contributed by atoms with Crippen LogP contribution in [0.5, 0.6) is 6.01 Å². The van der Waals surface area contributed by atoms with Gasteiger partial charge in [0.2, 0.25) is 11.9 Å². The Morgan fingerprint density at radius 1 is 0.700 bits per heavy atom. The number of ether oxygens (including phenoxy) is 1. The summed E-state index contributed by atoms with van der Waals surface area (Å²) in [5.74, 6) is 2.68. The molecule has 8 nitrogen and oxygen atoms in total. The van der Waals surface area contributed by atoms with E-state index in [0.29, 0.717) is 24.5 Å². The van der Waals surface area contributed by atoms with E-state index in [1.807, 2.05) is 0 Å². The zero-order chi connectivity index (χ0) is 29.4. The zero-order valence-electron chi connectivity index (χ0n) is 26.9. The van der Waals surface area contributed by atoms with E-state index in [1.54, 1.807) is 6.08 Å². The van der Waals surface area contributed by atoms with E-state index in [9.17, 15) is 0 Å². The Morgan fingerprint density at radius 3 is 1.48 bits per heavy atom. The first-order valence-electron chi connectivity index (χ1n) is 15.7. The van der Waals surface area contributed by atoms with Gasteiger partial charge in [-0.3, -0.25) is 0 Å². The maximum absolute atomic E-state index is 5.66. The second kappa shape index (κ2) is 13.8. The first kappa shape index (κ1) is 32.6. The minimum atomic E-state index is 0.210. The van der Waals surface area contributed by atoms with Gasteiger partial charge < -0.3 is 26.0 Å². The molecule has 0 spiro atoms. The predicted octanol–water partition coefficient (Wildman–Crippen LogP) is 6.71. The van der Waals surface area contributed by atoms with Crippen molar-refractivity contribution in [3.63, 3.8) is 0 Å². The summed E-state index contributed by atoms with van der Waals surface area (Å²) >= 11 is 0. The summed E-state index contributed by atoms with van der Waals surface area (Å²) < 4.78 is 5.66. The number of anilines is 2. The second-order valence-corrected chi connectivity index (χ2v) is 15.0. The van der Waals surface area contributed by atoms with Crippen LogP contribution >= 0.6 is 0 Å². The molecule has 1 aromatic heterocycles. The van der Waals surface area contributed by atoms with Gasteiger partial charge in [0.05, 0.1) is 0 Å². The van der Waals surface area contributed by atoms with Gasteiger partial charge in [-0.15, -0.1) is 0 Å². The SMILES string of the molecule is C=CCOc1nc(NCCCCC2CC(C)(C)NC(C)(C)C2)nc(NCCCCC2CC(C)(C)NC(C)(C)C2)n1. The average molecular weight is 558 g/mol. The molecule has 2 saturated heterocycles. The predicted molar refractivity (Wildman–Crippen MR) is 168 cm³/mol. The molecule has 0 unspecified atom stereocenters. The molecule has 228 valence electrons. The maximum Gasteiger partial charge on any atom is 0.323 e. The molecule has 1 aromatic rings. The number of hydrogen-bond acceptors (Lipinski definition) is 8. The molecule has 4 N–H and O–H groups in total. The largest absolute Gasteiger partial charge is 0.459 e. The highest BCUT2D eigenvalue weighted by Crippen LogP contribution is 2.36. The zero-order valence-corrected chi connectivity index (χ0v) is 26.9. The summed E-state index contributed by atoms with van der Waals surface area (Å²) in [4.78, 5) is 13.6. The Labute approximate surface area is 244 Å². The molecule has 40 heavy (non-hydrogen) atoms. The van der Waals surface area contributed by atoms with Crippen molar-refractivity contribution in [2.24, 2.45) is 11.8 Å². The van der Waals surface area contributed by atoms with Crippen LogP contribution in [0.1, 0.15) is 120 Å². The normalized spacial score (nSPS) is 22.0. The highest BCUT2D eigenvalue weighted by atomic mass is 16.5. The number of aromatic nitrogens is 3. The number of rotatable bonds is 15. The van der Waals surface area contributed by atoms with Crippen LogP contribution in [0.15, 0.2) is 12.7 Å². The first-order chi connectivity index (χ1) is 18.7. The fourth-order valence-electron chi connectivity index (χ4n) is 7.70. The minimum absolute atomic E-state index is 0.210. The van der Waals surface area contributed by atoms with Crippen LogP contribution in [0.3, 0.4) is 0 Å². The van der Waals surface area contributed by atoms with Crippen LogP contribution in [0.25, 0.3) is 0 Å². The molecule has 2 fully saturated rings. The van der Waals surface area contributed by atoms with Gasteiger partial charge in [-0.1, -0.05) is 38.3 Å². The van der Waals surface area contributed by atoms with E-state index in [4.69, 9.17) is 4.74 Å². The molecule has 0 atom stereocenters. The van der Waals surface area contributed by atoms with Crippen molar-refractivity contribution in [3.8, 4) is 6.01 Å². The van der Waals surface area contributed by atoms with E-state index >= 15 is 0 Å². The number of nitrogens with one attached hydrogen (secondary N) is 4. The second-order valence-electron chi connectivity index (χ2n) is 15.0. The summed E-state index contributed by atoms with van der Waals surface area (Å²) in [7, 11) is 0. The highest BCUT2D eigenvalue weighted by molar-refractivity contribution is 5.35. The standard InChI is InChI=1S/C32H59N7O/c1-10-19-40-28-36-26(33-17-13-11-15-24-20-29(2,3)38-30(4,5)21-24)35-27(37-28)34-18-14-12-16-25-22-31(6,7)39-32(8,9)23-25/h10,24-25,38-39H,1,11-23H2,2-9H3,(H2,33,34,35,36,37). The molecule has 3 heterocycles. The molecule has 0 bridgehead atoms. The van der Waals surface area contributed by atoms with Crippen molar-refractivity contribution in [1.82, 2.24) is 25.6 Å². The topological polar surface area (TPSA) is 96.0 Å². The summed E-state index contributed by atoms with van der Waals surface area (Å²) in [5.41, 5.74) is 0.841. The molecular formula is C32H59N7O. The third-order valence-electron chi connectivity index (χ3n) is 8.14. The summed E-state index contributed by atoms with van der Waals surface area (Å²) in [6.45, 7) is 24.4. The number of piperidine rings is 2. The van der Waals surface area contributed by atoms with Crippen molar-refractivity contribution in [3.05, 3.63) is 12.7 Å². The van der Waals surface area contributed by atoms with Gasteiger partial charge in [0, 0.05) is 35.2 Å². The van der Waals surface area contributed by atoms with Gasteiger partial charge in [0.25, 0.3) is 0 Å². The van der Waals surface area contributed by atoms with Crippen LogP contribution in [-0.2, 0) is 0 Å². The Morgan fingerprint density at radius 2 is 1.10 bits per heavy atom. The highest BCUT2D eigenvalue weighted by Gasteiger charge is 2.38. The summed E-state index contributed by atoms with van der Waals surface area (Å²) in [5, 5.41) is 14.4. The molecule has 2 aliphatic heterocycles. The van der Waals surface area contributed by atoms with Crippen molar-refractivity contribution < 1.29 is 4.74 Å². The third kappa shape index (κ3) is 11.5. The molecule has 0 aromatic carbocycles. The lowest BCUT2D eigenvalue weighted by molar-refractivity contribution is 0.121.